The highest BCUT2D eigenvalue weighted by Crippen LogP contribution is 2.32. The Bertz CT molecular complexity index is 1060. The molecule has 1 aliphatic heterocycles. The molecule has 136 valence electrons. The average Bonchev–Trinajstić information content (AvgIpc) is 3.37. The minimum atomic E-state index is -0.761. The van der Waals surface area contributed by atoms with Crippen LogP contribution in [0.4, 0.5) is 10.2 Å². The minimum absolute atomic E-state index is 0.428. The summed E-state index contributed by atoms with van der Waals surface area (Å²) in [6, 6.07) is 8.01. The van der Waals surface area contributed by atoms with Gasteiger partial charge in [0.15, 0.2) is 5.65 Å². The number of alkyl halides is 1. The molecular weight excluding hydrogens is 381 g/mol. The van der Waals surface area contributed by atoms with Gasteiger partial charge in [-0.1, -0.05) is 0 Å². The lowest BCUT2D eigenvalue weighted by Gasteiger charge is -2.29. The first-order valence-electron chi connectivity index (χ1n) is 8.78. The normalized spacial score (nSPS) is 17.5. The lowest BCUT2D eigenvalue weighted by atomic mass is 10.1. The molecule has 5 rings (SSSR count). The zero-order valence-electron chi connectivity index (χ0n) is 14.4. The Morgan fingerprint density at radius 2 is 2.07 bits per heavy atom. The number of piperidine rings is 1. The number of halogens is 1. The van der Waals surface area contributed by atoms with Crippen molar-refractivity contribution in [2.24, 2.45) is 0 Å². The van der Waals surface area contributed by atoms with Gasteiger partial charge in [-0.3, -0.25) is 4.98 Å². The molecule has 5 nitrogen and oxygen atoms in total. The number of anilines is 1. The summed E-state index contributed by atoms with van der Waals surface area (Å²) in [7, 11) is 0. The molecule has 0 aliphatic carbocycles. The first kappa shape index (κ1) is 16.7. The molecule has 1 saturated heterocycles. The Labute approximate surface area is 163 Å². The number of rotatable bonds is 3. The quantitative estimate of drug-likeness (QED) is 0.496. The average molecular weight is 398 g/mol. The maximum Gasteiger partial charge on any atom is 0.171 e. The Hall–Kier alpha value is -2.45. The molecule has 0 N–H and O–H groups in total. The van der Waals surface area contributed by atoms with Crippen LogP contribution < -0.4 is 4.90 Å². The Kier molecular flexibility index (Phi) is 4.29. The molecule has 0 bridgehead atoms. The van der Waals surface area contributed by atoms with Gasteiger partial charge < -0.3 is 4.90 Å². The number of aromatic nitrogens is 4. The van der Waals surface area contributed by atoms with Crippen molar-refractivity contribution in [1.82, 2.24) is 19.9 Å². The SMILES string of the molecule is F[C@@H]1CCCN(c2ccc(-c3nc4nc(-c5cncs5)ccc4s3)cn2)C1. The maximum absolute atomic E-state index is 13.6. The molecule has 1 fully saturated rings. The van der Waals surface area contributed by atoms with Crippen LogP contribution in [0.15, 0.2) is 42.2 Å². The van der Waals surface area contributed by atoms with E-state index < -0.39 is 6.17 Å². The summed E-state index contributed by atoms with van der Waals surface area (Å²) in [5, 5.41) is 0.889. The molecule has 0 radical (unpaired) electrons. The lowest BCUT2D eigenvalue weighted by Crippen LogP contribution is -2.36. The van der Waals surface area contributed by atoms with Crippen LogP contribution in [-0.2, 0) is 0 Å². The van der Waals surface area contributed by atoms with E-state index in [0.717, 1.165) is 50.3 Å². The second-order valence-electron chi connectivity index (χ2n) is 6.49. The fourth-order valence-corrected chi connectivity index (χ4v) is 4.74. The fraction of sp³-hybridized carbons (Fsp3) is 0.263. The van der Waals surface area contributed by atoms with Crippen molar-refractivity contribution in [2.45, 2.75) is 19.0 Å². The van der Waals surface area contributed by atoms with E-state index in [1.165, 1.54) is 0 Å². The standard InChI is InChI=1S/C19H16FN5S2/c20-13-2-1-7-25(10-13)17-6-3-12(8-22-17)19-24-18-15(27-19)5-4-14(23-18)16-9-21-11-26-16/h3-6,8-9,11,13H,1-2,7,10H2/t13-/m1/s1. The van der Waals surface area contributed by atoms with Gasteiger partial charge in [-0.25, -0.2) is 19.3 Å². The summed E-state index contributed by atoms with van der Waals surface area (Å²) >= 11 is 3.16. The Morgan fingerprint density at radius 3 is 2.85 bits per heavy atom. The second-order valence-corrected chi connectivity index (χ2v) is 8.41. The maximum atomic E-state index is 13.6. The van der Waals surface area contributed by atoms with Gasteiger partial charge in [0.25, 0.3) is 0 Å². The predicted molar refractivity (Wildman–Crippen MR) is 108 cm³/mol. The molecule has 1 aliphatic rings. The first-order valence-corrected chi connectivity index (χ1v) is 10.5. The second kappa shape index (κ2) is 6.94. The summed E-state index contributed by atoms with van der Waals surface area (Å²) in [5.74, 6) is 0.827. The van der Waals surface area contributed by atoms with E-state index >= 15 is 0 Å². The van der Waals surface area contributed by atoms with Gasteiger partial charge in [-0.05, 0) is 37.1 Å². The number of hydrogen-bond acceptors (Lipinski definition) is 7. The van der Waals surface area contributed by atoms with Gasteiger partial charge in [0.1, 0.15) is 17.0 Å². The molecule has 0 aromatic carbocycles. The zero-order valence-corrected chi connectivity index (χ0v) is 16.0. The highest BCUT2D eigenvalue weighted by molar-refractivity contribution is 7.21. The van der Waals surface area contributed by atoms with Crippen molar-refractivity contribution in [1.29, 1.82) is 0 Å². The number of fused-ring (bicyclic) bond motifs is 1. The number of nitrogens with zero attached hydrogens (tertiary/aromatic N) is 5. The summed E-state index contributed by atoms with van der Waals surface area (Å²) < 4.78 is 14.7. The van der Waals surface area contributed by atoms with Crippen molar-refractivity contribution in [2.75, 3.05) is 18.0 Å². The zero-order chi connectivity index (χ0) is 18.2. The highest BCUT2D eigenvalue weighted by atomic mass is 32.1. The third-order valence-corrected chi connectivity index (χ3v) is 6.48. The molecule has 5 heterocycles. The van der Waals surface area contributed by atoms with Crippen molar-refractivity contribution >= 4 is 38.8 Å². The first-order chi connectivity index (χ1) is 13.3. The van der Waals surface area contributed by atoms with Crippen LogP contribution in [0.1, 0.15) is 12.8 Å². The molecule has 0 unspecified atom stereocenters. The molecule has 0 spiro atoms. The van der Waals surface area contributed by atoms with E-state index in [-0.39, 0.29) is 0 Å². The molecule has 0 saturated carbocycles. The molecule has 4 aromatic heterocycles. The number of pyridine rings is 2. The van der Waals surface area contributed by atoms with Crippen LogP contribution in [0.5, 0.6) is 0 Å². The summed E-state index contributed by atoms with van der Waals surface area (Å²) in [6.45, 7) is 1.29. The molecule has 1 atom stereocenters. The van der Waals surface area contributed by atoms with Gasteiger partial charge in [-0.2, -0.15) is 0 Å². The molecule has 27 heavy (non-hydrogen) atoms. The van der Waals surface area contributed by atoms with Crippen molar-refractivity contribution < 1.29 is 4.39 Å². The Balaban J connectivity index is 1.43. The lowest BCUT2D eigenvalue weighted by molar-refractivity contribution is 0.286. The van der Waals surface area contributed by atoms with Crippen LogP contribution in [0, 0.1) is 0 Å². The topological polar surface area (TPSA) is 54.8 Å². The van der Waals surface area contributed by atoms with Crippen LogP contribution in [0.25, 0.3) is 31.5 Å². The van der Waals surface area contributed by atoms with Crippen molar-refractivity contribution in [3.8, 4) is 21.1 Å². The summed E-state index contributed by atoms with van der Waals surface area (Å²) in [4.78, 5) is 21.0. The molecular formula is C19H16FN5S2. The van der Waals surface area contributed by atoms with E-state index in [9.17, 15) is 4.39 Å². The van der Waals surface area contributed by atoms with E-state index in [1.54, 1.807) is 28.2 Å². The fourth-order valence-electron chi connectivity index (χ4n) is 3.25. The van der Waals surface area contributed by atoms with Crippen LogP contribution in [0.3, 0.4) is 0 Å². The predicted octanol–water partition coefficient (Wildman–Crippen LogP) is 4.82. The van der Waals surface area contributed by atoms with E-state index in [0.29, 0.717) is 13.0 Å². The van der Waals surface area contributed by atoms with E-state index in [1.807, 2.05) is 35.5 Å². The smallest absolute Gasteiger partial charge is 0.171 e. The number of thiazole rings is 2. The Morgan fingerprint density at radius 1 is 1.11 bits per heavy atom. The van der Waals surface area contributed by atoms with Gasteiger partial charge >= 0.3 is 0 Å². The third-order valence-electron chi connectivity index (χ3n) is 4.62. The van der Waals surface area contributed by atoms with E-state index in [2.05, 4.69) is 26.0 Å². The third kappa shape index (κ3) is 3.30. The molecule has 4 aromatic rings. The monoisotopic (exact) mass is 397 g/mol. The van der Waals surface area contributed by atoms with Gasteiger partial charge in [0.2, 0.25) is 0 Å². The molecule has 0 amide bonds. The van der Waals surface area contributed by atoms with Crippen LogP contribution >= 0.6 is 22.7 Å². The minimum Gasteiger partial charge on any atom is -0.354 e. The van der Waals surface area contributed by atoms with Gasteiger partial charge in [0, 0.05) is 24.5 Å². The highest BCUT2D eigenvalue weighted by Gasteiger charge is 2.20. The summed E-state index contributed by atoms with van der Waals surface area (Å²) in [6.07, 6.45) is 4.40. The molecule has 8 heteroatoms. The van der Waals surface area contributed by atoms with Crippen LogP contribution in [0.2, 0.25) is 0 Å². The van der Waals surface area contributed by atoms with Crippen LogP contribution in [-0.4, -0.2) is 39.2 Å². The van der Waals surface area contributed by atoms with Crippen molar-refractivity contribution in [3.63, 3.8) is 0 Å². The van der Waals surface area contributed by atoms with Crippen molar-refractivity contribution in [3.05, 3.63) is 42.2 Å². The number of hydrogen-bond donors (Lipinski definition) is 0. The van der Waals surface area contributed by atoms with E-state index in [4.69, 9.17) is 0 Å². The van der Waals surface area contributed by atoms with Gasteiger partial charge in [0.05, 0.1) is 27.3 Å². The largest absolute Gasteiger partial charge is 0.354 e. The summed E-state index contributed by atoms with van der Waals surface area (Å²) in [5.41, 5.74) is 4.38. The van der Waals surface area contributed by atoms with Gasteiger partial charge in [-0.15, -0.1) is 22.7 Å².